The SMILES string of the molecule is CC(C)NCC(=Cc1ccsc1)C(C)C. The van der Waals surface area contributed by atoms with Gasteiger partial charge in [0.2, 0.25) is 0 Å². The summed E-state index contributed by atoms with van der Waals surface area (Å²) in [6.07, 6.45) is 2.30. The summed E-state index contributed by atoms with van der Waals surface area (Å²) in [7, 11) is 0. The monoisotopic (exact) mass is 223 g/mol. The van der Waals surface area contributed by atoms with Crippen LogP contribution in [-0.4, -0.2) is 12.6 Å². The fourth-order valence-corrected chi connectivity index (χ4v) is 1.93. The van der Waals surface area contributed by atoms with Crippen LogP contribution in [0.15, 0.2) is 22.4 Å². The Morgan fingerprint density at radius 3 is 2.60 bits per heavy atom. The Morgan fingerprint density at radius 1 is 1.40 bits per heavy atom. The topological polar surface area (TPSA) is 12.0 Å². The van der Waals surface area contributed by atoms with E-state index in [0.29, 0.717) is 12.0 Å². The Kier molecular flexibility index (Phi) is 5.06. The predicted molar refractivity (Wildman–Crippen MR) is 70.3 cm³/mol. The predicted octanol–water partition coefficient (Wildman–Crippen LogP) is 3.79. The molecule has 1 aromatic rings. The molecular formula is C13H21NS. The highest BCUT2D eigenvalue weighted by Gasteiger charge is 2.04. The smallest absolute Gasteiger partial charge is 0.0172 e. The lowest BCUT2D eigenvalue weighted by atomic mass is 10.0. The van der Waals surface area contributed by atoms with E-state index in [9.17, 15) is 0 Å². The zero-order valence-electron chi connectivity index (χ0n) is 10.1. The molecule has 0 bridgehead atoms. The van der Waals surface area contributed by atoms with Crippen molar-refractivity contribution < 1.29 is 0 Å². The average Bonchev–Trinajstić information content (AvgIpc) is 2.63. The van der Waals surface area contributed by atoms with Gasteiger partial charge in [0.05, 0.1) is 0 Å². The summed E-state index contributed by atoms with van der Waals surface area (Å²) in [5, 5.41) is 7.79. The fraction of sp³-hybridized carbons (Fsp3) is 0.538. The molecule has 0 saturated heterocycles. The van der Waals surface area contributed by atoms with Crippen LogP contribution in [0, 0.1) is 5.92 Å². The number of nitrogens with one attached hydrogen (secondary N) is 1. The Morgan fingerprint density at radius 2 is 2.13 bits per heavy atom. The van der Waals surface area contributed by atoms with Crippen LogP contribution in [0.4, 0.5) is 0 Å². The van der Waals surface area contributed by atoms with Crippen LogP contribution in [0.2, 0.25) is 0 Å². The number of hydrogen-bond donors (Lipinski definition) is 1. The molecule has 0 amide bonds. The van der Waals surface area contributed by atoms with Crippen molar-refractivity contribution in [1.82, 2.24) is 5.32 Å². The second kappa shape index (κ2) is 6.09. The quantitative estimate of drug-likeness (QED) is 0.801. The summed E-state index contributed by atoms with van der Waals surface area (Å²) in [5.41, 5.74) is 2.80. The summed E-state index contributed by atoms with van der Waals surface area (Å²) < 4.78 is 0. The van der Waals surface area contributed by atoms with Gasteiger partial charge in [-0.05, 0) is 28.3 Å². The molecule has 0 atom stereocenters. The van der Waals surface area contributed by atoms with E-state index in [1.165, 1.54) is 11.1 Å². The molecule has 15 heavy (non-hydrogen) atoms. The summed E-state index contributed by atoms with van der Waals surface area (Å²) in [4.78, 5) is 0. The van der Waals surface area contributed by atoms with E-state index >= 15 is 0 Å². The molecular weight excluding hydrogens is 202 g/mol. The second-order valence-corrected chi connectivity index (χ2v) is 5.25. The maximum Gasteiger partial charge on any atom is 0.0172 e. The third kappa shape index (κ3) is 4.63. The van der Waals surface area contributed by atoms with Crippen molar-refractivity contribution in [1.29, 1.82) is 0 Å². The molecule has 0 saturated carbocycles. The van der Waals surface area contributed by atoms with E-state index in [0.717, 1.165) is 6.54 Å². The van der Waals surface area contributed by atoms with E-state index in [-0.39, 0.29) is 0 Å². The van der Waals surface area contributed by atoms with Gasteiger partial charge in [-0.3, -0.25) is 0 Å². The van der Waals surface area contributed by atoms with Crippen LogP contribution in [-0.2, 0) is 0 Å². The van der Waals surface area contributed by atoms with Crippen LogP contribution in [0.25, 0.3) is 6.08 Å². The summed E-state index contributed by atoms with van der Waals surface area (Å²) >= 11 is 1.75. The number of rotatable bonds is 5. The third-order valence-electron chi connectivity index (χ3n) is 2.35. The highest BCUT2D eigenvalue weighted by Crippen LogP contribution is 2.16. The van der Waals surface area contributed by atoms with Gasteiger partial charge in [-0.1, -0.05) is 39.3 Å². The first-order valence-corrected chi connectivity index (χ1v) is 6.50. The van der Waals surface area contributed by atoms with Crippen molar-refractivity contribution in [3.63, 3.8) is 0 Å². The molecule has 0 spiro atoms. The summed E-state index contributed by atoms with van der Waals surface area (Å²) in [5.74, 6) is 0.608. The van der Waals surface area contributed by atoms with Gasteiger partial charge in [0.1, 0.15) is 0 Å². The molecule has 0 aliphatic carbocycles. The Bertz CT molecular complexity index is 296. The molecule has 0 aliphatic rings. The van der Waals surface area contributed by atoms with Crippen molar-refractivity contribution in [2.45, 2.75) is 33.7 Å². The second-order valence-electron chi connectivity index (χ2n) is 4.47. The van der Waals surface area contributed by atoms with Crippen molar-refractivity contribution in [2.24, 2.45) is 5.92 Å². The van der Waals surface area contributed by atoms with Gasteiger partial charge in [-0.15, -0.1) is 0 Å². The Hall–Kier alpha value is -0.600. The minimum absolute atomic E-state index is 0.551. The third-order valence-corrected chi connectivity index (χ3v) is 3.05. The first-order valence-electron chi connectivity index (χ1n) is 5.55. The van der Waals surface area contributed by atoms with Crippen LogP contribution in [0.3, 0.4) is 0 Å². The van der Waals surface area contributed by atoms with E-state index in [1.54, 1.807) is 11.3 Å². The lowest BCUT2D eigenvalue weighted by Gasteiger charge is -2.14. The molecule has 0 aromatic carbocycles. The van der Waals surface area contributed by atoms with Crippen molar-refractivity contribution in [2.75, 3.05) is 6.54 Å². The van der Waals surface area contributed by atoms with Crippen LogP contribution in [0.1, 0.15) is 33.3 Å². The van der Waals surface area contributed by atoms with Gasteiger partial charge >= 0.3 is 0 Å². The molecule has 1 heterocycles. The number of hydrogen-bond acceptors (Lipinski definition) is 2. The number of thiophene rings is 1. The standard InChI is InChI=1S/C13H21NS/c1-10(2)13(8-14-11(3)4)7-12-5-6-15-9-12/h5-7,9-11,14H,8H2,1-4H3. The molecule has 2 heteroatoms. The van der Waals surface area contributed by atoms with Crippen molar-refractivity contribution >= 4 is 17.4 Å². The molecule has 0 aliphatic heterocycles. The molecule has 84 valence electrons. The van der Waals surface area contributed by atoms with Crippen molar-refractivity contribution in [3.8, 4) is 0 Å². The zero-order chi connectivity index (χ0) is 11.3. The highest BCUT2D eigenvalue weighted by atomic mass is 32.1. The van der Waals surface area contributed by atoms with Gasteiger partial charge in [-0.2, -0.15) is 11.3 Å². The van der Waals surface area contributed by atoms with E-state index in [1.807, 2.05) is 0 Å². The van der Waals surface area contributed by atoms with E-state index in [4.69, 9.17) is 0 Å². The fourth-order valence-electron chi connectivity index (χ4n) is 1.31. The average molecular weight is 223 g/mol. The van der Waals surface area contributed by atoms with Crippen LogP contribution < -0.4 is 5.32 Å². The van der Waals surface area contributed by atoms with Gasteiger partial charge < -0.3 is 5.32 Å². The largest absolute Gasteiger partial charge is 0.311 e. The molecule has 0 radical (unpaired) electrons. The van der Waals surface area contributed by atoms with Gasteiger partial charge in [0.25, 0.3) is 0 Å². The normalized spacial score (nSPS) is 12.8. The molecule has 1 nitrogen and oxygen atoms in total. The minimum atomic E-state index is 0.551. The lowest BCUT2D eigenvalue weighted by molar-refractivity contribution is 0.593. The molecule has 0 unspecified atom stereocenters. The first-order chi connectivity index (χ1) is 7.09. The Balaban J connectivity index is 2.65. The summed E-state index contributed by atoms with van der Waals surface area (Å²) in [6, 6.07) is 2.72. The van der Waals surface area contributed by atoms with Crippen molar-refractivity contribution in [3.05, 3.63) is 28.0 Å². The van der Waals surface area contributed by atoms with E-state index in [2.05, 4.69) is 55.9 Å². The highest BCUT2D eigenvalue weighted by molar-refractivity contribution is 7.08. The zero-order valence-corrected chi connectivity index (χ0v) is 10.9. The van der Waals surface area contributed by atoms with Gasteiger partial charge in [0.15, 0.2) is 0 Å². The first kappa shape index (κ1) is 12.5. The molecule has 1 N–H and O–H groups in total. The lowest BCUT2D eigenvalue weighted by Crippen LogP contribution is -2.26. The van der Waals surface area contributed by atoms with Crippen LogP contribution in [0.5, 0.6) is 0 Å². The maximum absolute atomic E-state index is 3.47. The molecule has 1 aromatic heterocycles. The Labute approximate surface area is 97.2 Å². The van der Waals surface area contributed by atoms with Crippen LogP contribution >= 0.6 is 11.3 Å². The molecule has 1 rings (SSSR count). The van der Waals surface area contributed by atoms with Gasteiger partial charge in [0, 0.05) is 12.6 Å². The summed E-state index contributed by atoms with van der Waals surface area (Å²) in [6.45, 7) is 9.86. The van der Waals surface area contributed by atoms with Gasteiger partial charge in [-0.25, -0.2) is 0 Å². The maximum atomic E-state index is 3.47. The minimum Gasteiger partial charge on any atom is -0.311 e. The van der Waals surface area contributed by atoms with E-state index < -0.39 is 0 Å². The molecule has 0 fully saturated rings.